The van der Waals surface area contributed by atoms with Gasteiger partial charge in [0, 0.05) is 23.2 Å². The molecule has 6 nitrogen and oxygen atoms in total. The van der Waals surface area contributed by atoms with Crippen molar-refractivity contribution >= 4 is 28.3 Å². The van der Waals surface area contributed by atoms with E-state index in [1.807, 2.05) is 24.3 Å². The highest BCUT2D eigenvalue weighted by Gasteiger charge is 2.15. The zero-order valence-corrected chi connectivity index (χ0v) is 15.1. The molecule has 0 bridgehead atoms. The number of aromatic nitrogens is 4. The van der Waals surface area contributed by atoms with Gasteiger partial charge >= 0.3 is 0 Å². The van der Waals surface area contributed by atoms with Crippen molar-refractivity contribution in [3.05, 3.63) is 90.5 Å². The van der Waals surface area contributed by atoms with E-state index in [9.17, 15) is 9.18 Å². The van der Waals surface area contributed by atoms with Gasteiger partial charge in [0.25, 0.3) is 5.91 Å². The van der Waals surface area contributed by atoms with Crippen LogP contribution in [-0.2, 0) is 0 Å². The molecular weight excluding hydrogens is 369 g/mol. The standard InChI is InChI=1S/C22H14FN5O/c23-15-7-5-14(6-8-15)19-13-17(16-3-1-2-4-18(16)26-19)22(29)27-21-9-11-24-20-10-12-25-28(20)21/h1-13H,(H,27,29). The van der Waals surface area contributed by atoms with E-state index in [4.69, 9.17) is 0 Å². The highest BCUT2D eigenvalue weighted by atomic mass is 19.1. The van der Waals surface area contributed by atoms with Crippen molar-refractivity contribution in [2.75, 3.05) is 5.32 Å². The molecule has 1 amide bonds. The predicted octanol–water partition coefficient (Wildman–Crippen LogP) is 4.34. The van der Waals surface area contributed by atoms with Crippen LogP contribution in [0.25, 0.3) is 27.8 Å². The first-order chi connectivity index (χ1) is 14.2. The van der Waals surface area contributed by atoms with E-state index in [0.717, 1.165) is 10.9 Å². The number of hydrogen-bond donors (Lipinski definition) is 1. The van der Waals surface area contributed by atoms with E-state index >= 15 is 0 Å². The van der Waals surface area contributed by atoms with Crippen molar-refractivity contribution in [2.24, 2.45) is 0 Å². The Balaban J connectivity index is 1.62. The molecule has 2 aromatic carbocycles. The number of anilines is 1. The van der Waals surface area contributed by atoms with Crippen LogP contribution in [-0.4, -0.2) is 25.5 Å². The first-order valence-electron chi connectivity index (χ1n) is 8.95. The van der Waals surface area contributed by atoms with Gasteiger partial charge in [0.05, 0.1) is 23.0 Å². The minimum atomic E-state index is -0.326. The summed E-state index contributed by atoms with van der Waals surface area (Å²) in [4.78, 5) is 22.0. The van der Waals surface area contributed by atoms with Gasteiger partial charge < -0.3 is 5.32 Å². The summed E-state index contributed by atoms with van der Waals surface area (Å²) >= 11 is 0. The first kappa shape index (κ1) is 17.0. The number of fused-ring (bicyclic) bond motifs is 2. The van der Waals surface area contributed by atoms with E-state index in [2.05, 4.69) is 20.4 Å². The number of rotatable bonds is 3. The molecule has 5 rings (SSSR count). The summed E-state index contributed by atoms with van der Waals surface area (Å²) in [6, 6.07) is 18.6. The number of benzene rings is 2. The second kappa shape index (κ2) is 6.79. The molecule has 140 valence electrons. The number of nitrogens with zero attached hydrogens (tertiary/aromatic N) is 4. The smallest absolute Gasteiger partial charge is 0.257 e. The van der Waals surface area contributed by atoms with Crippen LogP contribution in [0.4, 0.5) is 10.2 Å². The second-order valence-electron chi connectivity index (χ2n) is 6.46. The Bertz CT molecular complexity index is 1360. The Kier molecular flexibility index (Phi) is 3.98. The number of nitrogens with one attached hydrogen (secondary N) is 1. The average Bonchev–Trinajstić information content (AvgIpc) is 3.23. The van der Waals surface area contributed by atoms with E-state index < -0.39 is 0 Å². The normalized spacial score (nSPS) is 11.1. The van der Waals surface area contributed by atoms with Gasteiger partial charge in [-0.2, -0.15) is 9.61 Å². The van der Waals surface area contributed by atoms with Crippen molar-refractivity contribution in [3.8, 4) is 11.3 Å². The van der Waals surface area contributed by atoms with Gasteiger partial charge in [-0.3, -0.25) is 4.79 Å². The number of carbonyl (C=O) groups excluding carboxylic acids is 1. The maximum atomic E-state index is 13.3. The number of pyridine rings is 1. The molecule has 0 aliphatic rings. The molecule has 5 aromatic rings. The fourth-order valence-electron chi connectivity index (χ4n) is 3.24. The molecule has 0 radical (unpaired) electrons. The quantitative estimate of drug-likeness (QED) is 0.503. The molecule has 0 saturated heterocycles. The Morgan fingerprint density at radius 1 is 0.966 bits per heavy atom. The number of carbonyl (C=O) groups is 1. The molecular formula is C22H14FN5O. The summed E-state index contributed by atoms with van der Waals surface area (Å²) in [6.45, 7) is 0. The predicted molar refractivity (Wildman–Crippen MR) is 108 cm³/mol. The van der Waals surface area contributed by atoms with Crippen LogP contribution in [0, 0.1) is 5.82 Å². The molecule has 0 saturated carbocycles. The highest BCUT2D eigenvalue weighted by molar-refractivity contribution is 6.12. The third-order valence-electron chi connectivity index (χ3n) is 4.63. The van der Waals surface area contributed by atoms with Gasteiger partial charge in [0.15, 0.2) is 5.65 Å². The lowest BCUT2D eigenvalue weighted by molar-refractivity contribution is 0.102. The summed E-state index contributed by atoms with van der Waals surface area (Å²) in [5.41, 5.74) is 3.09. The lowest BCUT2D eigenvalue weighted by atomic mass is 10.0. The Morgan fingerprint density at radius 2 is 1.79 bits per heavy atom. The van der Waals surface area contributed by atoms with Crippen LogP contribution >= 0.6 is 0 Å². The van der Waals surface area contributed by atoms with Gasteiger partial charge in [0.1, 0.15) is 11.6 Å². The first-order valence-corrected chi connectivity index (χ1v) is 8.95. The van der Waals surface area contributed by atoms with E-state index in [-0.39, 0.29) is 11.7 Å². The molecule has 1 N–H and O–H groups in total. The molecule has 7 heteroatoms. The number of halogens is 1. The minimum Gasteiger partial charge on any atom is -0.306 e. The summed E-state index contributed by atoms with van der Waals surface area (Å²) in [7, 11) is 0. The maximum absolute atomic E-state index is 13.3. The third-order valence-corrected chi connectivity index (χ3v) is 4.63. The average molecular weight is 383 g/mol. The zero-order valence-electron chi connectivity index (χ0n) is 15.1. The van der Waals surface area contributed by atoms with Gasteiger partial charge in [-0.25, -0.2) is 14.4 Å². The highest BCUT2D eigenvalue weighted by Crippen LogP contribution is 2.26. The summed E-state index contributed by atoms with van der Waals surface area (Å²) in [5.74, 6) is -0.113. The minimum absolute atomic E-state index is 0.296. The molecule has 0 fully saturated rings. The molecule has 3 aromatic heterocycles. The van der Waals surface area contributed by atoms with Crippen molar-refractivity contribution in [1.29, 1.82) is 0 Å². The van der Waals surface area contributed by atoms with Crippen LogP contribution in [0.1, 0.15) is 10.4 Å². The topological polar surface area (TPSA) is 72.2 Å². The summed E-state index contributed by atoms with van der Waals surface area (Å²) in [6.07, 6.45) is 3.23. The molecule has 0 spiro atoms. The molecule has 0 unspecified atom stereocenters. The van der Waals surface area contributed by atoms with Crippen LogP contribution in [0.5, 0.6) is 0 Å². The lowest BCUT2D eigenvalue weighted by Crippen LogP contribution is -2.16. The second-order valence-corrected chi connectivity index (χ2v) is 6.46. The molecule has 0 aliphatic heterocycles. The van der Waals surface area contributed by atoms with E-state index in [1.54, 1.807) is 47.2 Å². The number of amides is 1. The van der Waals surface area contributed by atoms with Crippen LogP contribution in [0.15, 0.2) is 79.1 Å². The van der Waals surface area contributed by atoms with Gasteiger partial charge in [-0.05, 0) is 42.5 Å². The van der Waals surface area contributed by atoms with E-state index in [0.29, 0.717) is 28.2 Å². The number of hydrogen-bond acceptors (Lipinski definition) is 4. The zero-order chi connectivity index (χ0) is 19.8. The van der Waals surface area contributed by atoms with Gasteiger partial charge in [-0.1, -0.05) is 18.2 Å². The largest absolute Gasteiger partial charge is 0.306 e. The van der Waals surface area contributed by atoms with Crippen molar-refractivity contribution in [1.82, 2.24) is 19.6 Å². The lowest BCUT2D eigenvalue weighted by Gasteiger charge is -2.11. The monoisotopic (exact) mass is 383 g/mol. The van der Waals surface area contributed by atoms with Crippen LogP contribution < -0.4 is 5.32 Å². The van der Waals surface area contributed by atoms with Gasteiger partial charge in [-0.15, -0.1) is 0 Å². The Morgan fingerprint density at radius 3 is 2.66 bits per heavy atom. The molecule has 3 heterocycles. The number of para-hydroxylation sites is 1. The fraction of sp³-hybridized carbons (Fsp3) is 0. The van der Waals surface area contributed by atoms with Crippen LogP contribution in [0.3, 0.4) is 0 Å². The molecule has 29 heavy (non-hydrogen) atoms. The Labute approximate surface area is 164 Å². The van der Waals surface area contributed by atoms with Crippen molar-refractivity contribution in [3.63, 3.8) is 0 Å². The van der Waals surface area contributed by atoms with Crippen LogP contribution in [0.2, 0.25) is 0 Å². The van der Waals surface area contributed by atoms with Crippen molar-refractivity contribution in [2.45, 2.75) is 0 Å². The van der Waals surface area contributed by atoms with E-state index in [1.165, 1.54) is 12.1 Å². The third kappa shape index (κ3) is 3.08. The Hall–Kier alpha value is -4.13. The van der Waals surface area contributed by atoms with Crippen molar-refractivity contribution < 1.29 is 9.18 Å². The fourth-order valence-corrected chi connectivity index (χ4v) is 3.24. The summed E-state index contributed by atoms with van der Waals surface area (Å²) in [5, 5.41) is 7.82. The summed E-state index contributed by atoms with van der Waals surface area (Å²) < 4.78 is 14.9. The van der Waals surface area contributed by atoms with Gasteiger partial charge in [0.2, 0.25) is 0 Å². The molecule has 0 atom stereocenters. The molecule has 0 aliphatic carbocycles. The SMILES string of the molecule is O=C(Nc1ccnc2ccnn12)c1cc(-c2ccc(F)cc2)nc2ccccc12. The maximum Gasteiger partial charge on any atom is 0.257 e.